The molecular weight excluding hydrogens is 328 g/mol. The number of carbonyl (C=O) groups is 1. The standard InChI is InChI=1S/C14H18BrClN2O/c15-13-5-4-11(16)8-10(13)3-6-14(19)18-9-12-2-1-7-17-12/h4-5,8,12,17H,1-3,6-7,9H2,(H,18,19). The van der Waals surface area contributed by atoms with Crippen LogP contribution >= 0.6 is 27.5 Å². The molecule has 1 unspecified atom stereocenters. The van der Waals surface area contributed by atoms with E-state index in [-0.39, 0.29) is 5.91 Å². The van der Waals surface area contributed by atoms with Crippen LogP contribution < -0.4 is 10.6 Å². The molecule has 0 spiro atoms. The average molecular weight is 346 g/mol. The van der Waals surface area contributed by atoms with E-state index in [1.807, 2.05) is 18.2 Å². The van der Waals surface area contributed by atoms with E-state index in [4.69, 9.17) is 11.6 Å². The highest BCUT2D eigenvalue weighted by Gasteiger charge is 2.14. The van der Waals surface area contributed by atoms with Crippen molar-refractivity contribution in [2.75, 3.05) is 13.1 Å². The maximum Gasteiger partial charge on any atom is 0.220 e. The molecule has 1 aromatic carbocycles. The predicted octanol–water partition coefficient (Wildman–Crippen LogP) is 2.90. The summed E-state index contributed by atoms with van der Waals surface area (Å²) in [6, 6.07) is 6.10. The number of benzene rings is 1. The summed E-state index contributed by atoms with van der Waals surface area (Å²) in [5, 5.41) is 7.04. The Kier molecular flexibility index (Phi) is 5.67. The molecular formula is C14H18BrClN2O. The van der Waals surface area contributed by atoms with Gasteiger partial charge in [0.25, 0.3) is 0 Å². The summed E-state index contributed by atoms with van der Waals surface area (Å²) < 4.78 is 1.00. The third-order valence-corrected chi connectivity index (χ3v) is 4.35. The van der Waals surface area contributed by atoms with Crippen LogP contribution in [0.2, 0.25) is 5.02 Å². The second-order valence-corrected chi connectivity index (χ2v) is 6.12. The Morgan fingerprint density at radius 2 is 2.37 bits per heavy atom. The van der Waals surface area contributed by atoms with Gasteiger partial charge in [0, 0.05) is 28.5 Å². The summed E-state index contributed by atoms with van der Waals surface area (Å²) in [7, 11) is 0. The lowest BCUT2D eigenvalue weighted by Crippen LogP contribution is -2.37. The maximum atomic E-state index is 11.8. The molecule has 2 N–H and O–H groups in total. The van der Waals surface area contributed by atoms with E-state index >= 15 is 0 Å². The highest BCUT2D eigenvalue weighted by atomic mass is 79.9. The van der Waals surface area contributed by atoms with Gasteiger partial charge in [-0.15, -0.1) is 0 Å². The molecule has 1 heterocycles. The van der Waals surface area contributed by atoms with Gasteiger partial charge in [-0.3, -0.25) is 4.79 Å². The van der Waals surface area contributed by atoms with E-state index in [2.05, 4.69) is 26.6 Å². The Labute approximate surface area is 127 Å². The summed E-state index contributed by atoms with van der Waals surface area (Å²) in [6.07, 6.45) is 3.55. The van der Waals surface area contributed by atoms with Crippen LogP contribution in [-0.4, -0.2) is 25.0 Å². The predicted molar refractivity (Wildman–Crippen MR) is 81.5 cm³/mol. The molecule has 104 valence electrons. The van der Waals surface area contributed by atoms with E-state index in [9.17, 15) is 4.79 Å². The Bertz CT molecular complexity index is 447. The van der Waals surface area contributed by atoms with Crippen LogP contribution in [0.1, 0.15) is 24.8 Å². The van der Waals surface area contributed by atoms with E-state index in [1.54, 1.807) is 0 Å². The smallest absolute Gasteiger partial charge is 0.220 e. The summed E-state index contributed by atoms with van der Waals surface area (Å²) in [5.74, 6) is 0.0978. The molecule has 1 aliphatic rings. The molecule has 0 aromatic heterocycles. The van der Waals surface area contributed by atoms with Crippen molar-refractivity contribution in [2.45, 2.75) is 31.7 Å². The Morgan fingerprint density at radius 1 is 1.53 bits per heavy atom. The lowest BCUT2D eigenvalue weighted by Gasteiger charge is -2.11. The van der Waals surface area contributed by atoms with Crippen molar-refractivity contribution in [3.63, 3.8) is 0 Å². The fourth-order valence-corrected chi connectivity index (χ4v) is 2.88. The van der Waals surface area contributed by atoms with E-state index in [1.165, 1.54) is 6.42 Å². The van der Waals surface area contributed by atoms with E-state index in [0.29, 0.717) is 23.9 Å². The number of aryl methyl sites for hydroxylation is 1. The number of carbonyl (C=O) groups excluding carboxylic acids is 1. The first-order valence-electron chi connectivity index (χ1n) is 6.59. The van der Waals surface area contributed by atoms with Crippen molar-refractivity contribution in [1.82, 2.24) is 10.6 Å². The molecule has 0 radical (unpaired) electrons. The van der Waals surface area contributed by atoms with Gasteiger partial charge in [-0.1, -0.05) is 27.5 Å². The van der Waals surface area contributed by atoms with Gasteiger partial charge in [-0.05, 0) is 49.6 Å². The zero-order chi connectivity index (χ0) is 13.7. The largest absolute Gasteiger partial charge is 0.355 e. The van der Waals surface area contributed by atoms with Gasteiger partial charge >= 0.3 is 0 Å². The number of halogens is 2. The normalized spacial score (nSPS) is 18.5. The van der Waals surface area contributed by atoms with Crippen LogP contribution in [0.25, 0.3) is 0 Å². The van der Waals surface area contributed by atoms with E-state index < -0.39 is 0 Å². The van der Waals surface area contributed by atoms with Crippen molar-refractivity contribution in [1.29, 1.82) is 0 Å². The highest BCUT2D eigenvalue weighted by Crippen LogP contribution is 2.22. The Balaban J connectivity index is 1.74. The molecule has 1 amide bonds. The van der Waals surface area contributed by atoms with Crippen molar-refractivity contribution in [2.24, 2.45) is 0 Å². The maximum absolute atomic E-state index is 11.8. The molecule has 1 saturated heterocycles. The van der Waals surface area contributed by atoms with Gasteiger partial charge in [-0.25, -0.2) is 0 Å². The molecule has 1 atom stereocenters. The number of hydrogen-bond acceptors (Lipinski definition) is 2. The summed E-state index contributed by atoms with van der Waals surface area (Å²) in [5.41, 5.74) is 1.07. The van der Waals surface area contributed by atoms with Gasteiger partial charge in [0.1, 0.15) is 0 Å². The minimum Gasteiger partial charge on any atom is -0.355 e. The Hall–Kier alpha value is -0.580. The highest BCUT2D eigenvalue weighted by molar-refractivity contribution is 9.10. The molecule has 19 heavy (non-hydrogen) atoms. The van der Waals surface area contributed by atoms with Crippen LogP contribution in [0.5, 0.6) is 0 Å². The second-order valence-electron chi connectivity index (χ2n) is 4.83. The molecule has 2 rings (SSSR count). The van der Waals surface area contributed by atoms with Crippen molar-refractivity contribution < 1.29 is 4.79 Å². The first-order valence-corrected chi connectivity index (χ1v) is 7.76. The third kappa shape index (κ3) is 4.79. The van der Waals surface area contributed by atoms with Crippen LogP contribution in [0.15, 0.2) is 22.7 Å². The number of nitrogens with one attached hydrogen (secondary N) is 2. The van der Waals surface area contributed by atoms with Crippen LogP contribution in [0, 0.1) is 0 Å². The SMILES string of the molecule is O=C(CCc1cc(Cl)ccc1Br)NCC1CCCN1. The van der Waals surface area contributed by atoms with Crippen molar-refractivity contribution >= 4 is 33.4 Å². The van der Waals surface area contributed by atoms with Gasteiger partial charge in [-0.2, -0.15) is 0 Å². The molecule has 0 aliphatic carbocycles. The topological polar surface area (TPSA) is 41.1 Å². The van der Waals surface area contributed by atoms with Crippen LogP contribution in [0.3, 0.4) is 0 Å². The zero-order valence-electron chi connectivity index (χ0n) is 10.7. The first-order chi connectivity index (χ1) is 9.15. The fraction of sp³-hybridized carbons (Fsp3) is 0.500. The molecule has 1 fully saturated rings. The molecule has 1 aliphatic heterocycles. The summed E-state index contributed by atoms with van der Waals surface area (Å²) in [6.45, 7) is 1.80. The quantitative estimate of drug-likeness (QED) is 0.861. The number of hydrogen-bond donors (Lipinski definition) is 2. The molecule has 5 heteroatoms. The summed E-state index contributed by atoms with van der Waals surface area (Å²) in [4.78, 5) is 11.8. The van der Waals surface area contributed by atoms with E-state index in [0.717, 1.165) is 29.5 Å². The summed E-state index contributed by atoms with van der Waals surface area (Å²) >= 11 is 9.42. The fourth-order valence-electron chi connectivity index (χ4n) is 2.24. The van der Waals surface area contributed by atoms with Gasteiger partial charge in [0.05, 0.1) is 0 Å². The zero-order valence-corrected chi connectivity index (χ0v) is 13.1. The van der Waals surface area contributed by atoms with Crippen molar-refractivity contribution in [3.8, 4) is 0 Å². The lowest BCUT2D eigenvalue weighted by atomic mass is 10.1. The molecule has 1 aromatic rings. The average Bonchev–Trinajstić information content (AvgIpc) is 2.90. The van der Waals surface area contributed by atoms with Crippen molar-refractivity contribution in [3.05, 3.63) is 33.3 Å². The van der Waals surface area contributed by atoms with Gasteiger partial charge in [0.2, 0.25) is 5.91 Å². The third-order valence-electron chi connectivity index (χ3n) is 3.34. The minimum absolute atomic E-state index is 0.0978. The van der Waals surface area contributed by atoms with Crippen LogP contribution in [0.4, 0.5) is 0 Å². The molecule has 3 nitrogen and oxygen atoms in total. The molecule has 0 saturated carbocycles. The first kappa shape index (κ1) is 14.8. The van der Waals surface area contributed by atoms with Gasteiger partial charge in [0.15, 0.2) is 0 Å². The Morgan fingerprint density at radius 3 is 3.11 bits per heavy atom. The minimum atomic E-state index is 0.0978. The van der Waals surface area contributed by atoms with Crippen LogP contribution in [-0.2, 0) is 11.2 Å². The monoisotopic (exact) mass is 344 g/mol. The lowest BCUT2D eigenvalue weighted by molar-refractivity contribution is -0.121. The second kappa shape index (κ2) is 7.27. The van der Waals surface area contributed by atoms with Gasteiger partial charge < -0.3 is 10.6 Å². The number of rotatable bonds is 5. The number of amides is 1. The molecule has 0 bridgehead atoms.